The van der Waals surface area contributed by atoms with Gasteiger partial charge in [-0.25, -0.2) is 13.1 Å². The normalized spacial score (nSPS) is 11.7. The maximum Gasteiger partial charge on any atom is 0.277 e. The van der Waals surface area contributed by atoms with Crippen LogP contribution in [0.15, 0.2) is 35.4 Å². The minimum Gasteiger partial charge on any atom is -0.351 e. The van der Waals surface area contributed by atoms with E-state index in [2.05, 4.69) is 15.6 Å². The standard InChI is InChI=1S/C16H22N4O5S/c1-4-24-15(25-5-2)11-20-10-14(18-19-20)16(21)17-12-7-6-8-13(9-12)26(3,22)23/h6-10,15H,4-5,11H2,1-3H3,(H,17,21). The quantitative estimate of drug-likeness (QED) is 0.651. The summed E-state index contributed by atoms with van der Waals surface area (Å²) in [6.45, 7) is 4.99. The molecule has 0 saturated carbocycles. The van der Waals surface area contributed by atoms with Crippen molar-refractivity contribution in [2.75, 3.05) is 24.8 Å². The highest BCUT2D eigenvalue weighted by atomic mass is 32.2. The van der Waals surface area contributed by atoms with Crippen molar-refractivity contribution in [1.82, 2.24) is 15.0 Å². The topological polar surface area (TPSA) is 112 Å². The fourth-order valence-corrected chi connectivity index (χ4v) is 2.84. The second-order valence-corrected chi connectivity index (χ2v) is 7.44. The molecule has 0 fully saturated rings. The molecule has 1 N–H and O–H groups in total. The van der Waals surface area contributed by atoms with E-state index >= 15 is 0 Å². The van der Waals surface area contributed by atoms with Gasteiger partial charge in [-0.05, 0) is 32.0 Å². The number of hydrogen-bond acceptors (Lipinski definition) is 7. The first-order valence-electron chi connectivity index (χ1n) is 8.08. The van der Waals surface area contributed by atoms with Gasteiger partial charge in [0.2, 0.25) is 0 Å². The molecule has 1 heterocycles. The number of amides is 1. The Morgan fingerprint density at radius 1 is 1.27 bits per heavy atom. The Labute approximate surface area is 152 Å². The zero-order valence-electron chi connectivity index (χ0n) is 14.9. The molecule has 0 spiro atoms. The number of rotatable bonds is 9. The van der Waals surface area contributed by atoms with E-state index in [1.54, 1.807) is 12.1 Å². The number of nitrogens with one attached hydrogen (secondary N) is 1. The zero-order valence-corrected chi connectivity index (χ0v) is 15.7. The van der Waals surface area contributed by atoms with E-state index in [1.807, 2.05) is 13.8 Å². The number of nitrogens with zero attached hydrogens (tertiary/aromatic N) is 3. The molecule has 1 amide bonds. The molecule has 0 aliphatic heterocycles. The van der Waals surface area contributed by atoms with Gasteiger partial charge >= 0.3 is 0 Å². The van der Waals surface area contributed by atoms with Gasteiger partial charge in [0.25, 0.3) is 5.91 Å². The molecule has 0 bridgehead atoms. The Morgan fingerprint density at radius 3 is 2.58 bits per heavy atom. The van der Waals surface area contributed by atoms with Gasteiger partial charge in [-0.1, -0.05) is 11.3 Å². The molecule has 2 rings (SSSR count). The molecule has 0 aliphatic rings. The lowest BCUT2D eigenvalue weighted by Gasteiger charge is -2.16. The van der Waals surface area contributed by atoms with Crippen molar-refractivity contribution in [3.05, 3.63) is 36.2 Å². The SMILES string of the molecule is CCOC(Cn1cc(C(=O)Nc2cccc(S(C)(=O)=O)c2)nn1)OCC. The third-order valence-corrected chi connectivity index (χ3v) is 4.44. The Balaban J connectivity index is 2.06. The van der Waals surface area contributed by atoms with E-state index in [1.165, 1.54) is 23.0 Å². The Hall–Kier alpha value is -2.30. The van der Waals surface area contributed by atoms with E-state index in [4.69, 9.17) is 9.47 Å². The summed E-state index contributed by atoms with van der Waals surface area (Å²) in [7, 11) is -3.36. The van der Waals surface area contributed by atoms with Crippen LogP contribution in [0.1, 0.15) is 24.3 Å². The predicted octanol–water partition coefficient (Wildman–Crippen LogP) is 1.33. The number of benzene rings is 1. The monoisotopic (exact) mass is 382 g/mol. The van der Waals surface area contributed by atoms with Gasteiger partial charge in [-0.2, -0.15) is 0 Å². The van der Waals surface area contributed by atoms with Crippen molar-refractivity contribution >= 4 is 21.4 Å². The summed E-state index contributed by atoms with van der Waals surface area (Å²) in [5.41, 5.74) is 0.454. The summed E-state index contributed by atoms with van der Waals surface area (Å²) in [6.07, 6.45) is 2.10. The maximum absolute atomic E-state index is 12.3. The fourth-order valence-electron chi connectivity index (χ4n) is 2.17. The van der Waals surface area contributed by atoms with Crippen LogP contribution in [0, 0.1) is 0 Å². The number of hydrogen-bond donors (Lipinski definition) is 1. The highest BCUT2D eigenvalue weighted by Crippen LogP contribution is 2.16. The molecule has 0 saturated heterocycles. The van der Waals surface area contributed by atoms with Gasteiger partial charge in [0, 0.05) is 25.2 Å². The molecule has 1 aromatic carbocycles. The van der Waals surface area contributed by atoms with Gasteiger partial charge < -0.3 is 14.8 Å². The van der Waals surface area contributed by atoms with Crippen molar-refractivity contribution < 1.29 is 22.7 Å². The average Bonchev–Trinajstić information content (AvgIpc) is 3.03. The van der Waals surface area contributed by atoms with Gasteiger partial charge in [0.05, 0.1) is 17.6 Å². The maximum atomic E-state index is 12.3. The van der Waals surface area contributed by atoms with E-state index in [0.717, 1.165) is 6.26 Å². The van der Waals surface area contributed by atoms with E-state index in [9.17, 15) is 13.2 Å². The summed E-state index contributed by atoms with van der Waals surface area (Å²) in [5.74, 6) is -0.494. The molecule has 142 valence electrons. The Kier molecular flexibility index (Phi) is 6.83. The van der Waals surface area contributed by atoms with Crippen LogP contribution in [-0.4, -0.2) is 55.1 Å². The van der Waals surface area contributed by atoms with E-state index < -0.39 is 22.0 Å². The van der Waals surface area contributed by atoms with E-state index in [-0.39, 0.29) is 10.6 Å². The number of carbonyl (C=O) groups excluding carboxylic acids is 1. The second-order valence-electron chi connectivity index (χ2n) is 5.42. The van der Waals surface area contributed by atoms with Gasteiger partial charge in [0.15, 0.2) is 21.8 Å². The van der Waals surface area contributed by atoms with Crippen LogP contribution in [-0.2, 0) is 25.9 Å². The largest absolute Gasteiger partial charge is 0.351 e. The van der Waals surface area contributed by atoms with Crippen LogP contribution in [0.2, 0.25) is 0 Å². The summed E-state index contributed by atoms with van der Waals surface area (Å²) in [5, 5.41) is 10.3. The van der Waals surface area contributed by atoms with Crippen LogP contribution >= 0.6 is 0 Å². The predicted molar refractivity (Wildman–Crippen MR) is 94.6 cm³/mol. The minimum absolute atomic E-state index is 0.0986. The molecule has 2 aromatic rings. The van der Waals surface area contributed by atoms with Gasteiger partial charge in [-0.3, -0.25) is 4.79 Å². The lowest BCUT2D eigenvalue weighted by molar-refractivity contribution is -0.145. The molecule has 0 aliphatic carbocycles. The molecule has 10 heteroatoms. The Morgan fingerprint density at radius 2 is 1.96 bits per heavy atom. The molecule has 26 heavy (non-hydrogen) atoms. The number of aromatic nitrogens is 3. The smallest absolute Gasteiger partial charge is 0.277 e. The van der Waals surface area contributed by atoms with Crippen molar-refractivity contribution in [3.63, 3.8) is 0 Å². The minimum atomic E-state index is -3.36. The third kappa shape index (κ3) is 5.61. The average molecular weight is 382 g/mol. The molecular weight excluding hydrogens is 360 g/mol. The van der Waals surface area contributed by atoms with Gasteiger partial charge in [0.1, 0.15) is 0 Å². The lowest BCUT2D eigenvalue weighted by Crippen LogP contribution is -2.24. The van der Waals surface area contributed by atoms with E-state index in [0.29, 0.717) is 25.4 Å². The van der Waals surface area contributed by atoms with Crippen molar-refractivity contribution in [2.24, 2.45) is 0 Å². The second kappa shape index (κ2) is 8.88. The molecule has 0 atom stereocenters. The first-order chi connectivity index (χ1) is 12.3. The van der Waals surface area contributed by atoms with Crippen LogP contribution in [0.4, 0.5) is 5.69 Å². The number of sulfone groups is 1. The van der Waals surface area contributed by atoms with Crippen LogP contribution < -0.4 is 5.32 Å². The molecular formula is C16H22N4O5S. The molecule has 9 nitrogen and oxygen atoms in total. The van der Waals surface area contributed by atoms with Gasteiger partial charge in [-0.15, -0.1) is 5.10 Å². The Bertz CT molecular complexity index is 844. The lowest BCUT2D eigenvalue weighted by atomic mass is 10.3. The summed E-state index contributed by atoms with van der Waals surface area (Å²) in [6, 6.07) is 6.00. The van der Waals surface area contributed by atoms with Crippen molar-refractivity contribution in [3.8, 4) is 0 Å². The summed E-state index contributed by atoms with van der Waals surface area (Å²) < 4.78 is 35.5. The molecule has 1 aromatic heterocycles. The van der Waals surface area contributed by atoms with Crippen molar-refractivity contribution in [1.29, 1.82) is 0 Å². The molecule has 0 unspecified atom stereocenters. The molecule has 0 radical (unpaired) electrons. The fraction of sp³-hybridized carbons (Fsp3) is 0.438. The first kappa shape index (κ1) is 20.0. The highest BCUT2D eigenvalue weighted by molar-refractivity contribution is 7.90. The summed E-state index contributed by atoms with van der Waals surface area (Å²) >= 11 is 0. The van der Waals surface area contributed by atoms with Crippen molar-refractivity contribution in [2.45, 2.75) is 31.6 Å². The highest BCUT2D eigenvalue weighted by Gasteiger charge is 2.15. The number of anilines is 1. The number of ether oxygens (including phenoxy) is 2. The number of carbonyl (C=O) groups is 1. The zero-order chi connectivity index (χ0) is 19.2. The van der Waals surface area contributed by atoms with Crippen LogP contribution in [0.3, 0.4) is 0 Å². The van der Waals surface area contributed by atoms with Crippen LogP contribution in [0.25, 0.3) is 0 Å². The van der Waals surface area contributed by atoms with Crippen LogP contribution in [0.5, 0.6) is 0 Å². The summed E-state index contributed by atoms with van der Waals surface area (Å²) in [4.78, 5) is 12.4. The first-order valence-corrected chi connectivity index (χ1v) is 9.97. The third-order valence-electron chi connectivity index (χ3n) is 3.33.